The van der Waals surface area contributed by atoms with Gasteiger partial charge >= 0.3 is 6.09 Å². The molecule has 0 heterocycles. The summed E-state index contributed by atoms with van der Waals surface area (Å²) in [5.74, 6) is 0.248. The molecule has 1 aromatic rings. The van der Waals surface area contributed by atoms with Crippen LogP contribution in [0.1, 0.15) is 83.0 Å². The molecule has 0 aromatic heterocycles. The van der Waals surface area contributed by atoms with E-state index in [0.29, 0.717) is 12.2 Å². The Morgan fingerprint density at radius 1 is 1.11 bits per heavy atom. The number of hydrogen-bond acceptors (Lipinski definition) is 5. The highest BCUT2D eigenvalue weighted by Gasteiger charge is 2.42. The van der Waals surface area contributed by atoms with Gasteiger partial charge in [-0.2, -0.15) is 11.8 Å². The number of carbonyl (C=O) groups excluding carboxylic acids is 3. The van der Waals surface area contributed by atoms with Crippen LogP contribution in [0.25, 0.3) is 0 Å². The van der Waals surface area contributed by atoms with Gasteiger partial charge in [-0.25, -0.2) is 4.79 Å². The molecule has 2 N–H and O–H groups in total. The van der Waals surface area contributed by atoms with Gasteiger partial charge in [-0.05, 0) is 103 Å². The zero-order chi connectivity index (χ0) is 26.3. The average Bonchev–Trinajstić information content (AvgIpc) is 2.69. The molecule has 1 aromatic carbocycles. The number of benzene rings is 1. The monoisotopic (exact) mass is 505 g/mol. The molecule has 8 heteroatoms. The van der Waals surface area contributed by atoms with Crippen molar-refractivity contribution in [2.75, 3.05) is 12.0 Å². The summed E-state index contributed by atoms with van der Waals surface area (Å²) in [4.78, 5) is 42.0. The number of alkyl carbamates (subject to hydrolysis) is 1. The van der Waals surface area contributed by atoms with Gasteiger partial charge in [0.15, 0.2) is 0 Å². The maximum Gasteiger partial charge on any atom is 0.408 e. The van der Waals surface area contributed by atoms with E-state index in [0.717, 1.165) is 36.0 Å². The van der Waals surface area contributed by atoms with Crippen molar-refractivity contribution in [1.29, 1.82) is 0 Å². The Morgan fingerprint density at radius 3 is 2.26 bits per heavy atom. The maximum atomic E-state index is 14.1. The number of amides is 3. The Kier molecular flexibility index (Phi) is 10.5. The second-order valence-corrected chi connectivity index (χ2v) is 11.7. The number of carbonyl (C=O) groups is 3. The zero-order valence-electron chi connectivity index (χ0n) is 22.6. The van der Waals surface area contributed by atoms with Crippen LogP contribution >= 0.6 is 11.8 Å². The van der Waals surface area contributed by atoms with Gasteiger partial charge in [-0.3, -0.25) is 9.59 Å². The van der Waals surface area contributed by atoms with Crippen molar-refractivity contribution >= 4 is 29.7 Å². The van der Waals surface area contributed by atoms with Crippen LogP contribution in [-0.2, 0) is 14.3 Å². The van der Waals surface area contributed by atoms with E-state index in [1.807, 2.05) is 52.1 Å². The Labute approximate surface area is 215 Å². The summed E-state index contributed by atoms with van der Waals surface area (Å²) < 4.78 is 5.45. The minimum atomic E-state index is -0.779. The Bertz CT molecular complexity index is 893. The highest BCUT2D eigenvalue weighted by Crippen LogP contribution is 2.34. The van der Waals surface area contributed by atoms with Gasteiger partial charge in [0.25, 0.3) is 0 Å². The third kappa shape index (κ3) is 8.44. The smallest absolute Gasteiger partial charge is 0.408 e. The Balaban J connectivity index is 2.48. The average molecular weight is 506 g/mol. The topological polar surface area (TPSA) is 87.7 Å². The van der Waals surface area contributed by atoms with Crippen LogP contribution in [-0.4, -0.2) is 58.5 Å². The molecule has 2 atom stereocenters. The van der Waals surface area contributed by atoms with E-state index in [1.165, 1.54) is 0 Å². The summed E-state index contributed by atoms with van der Waals surface area (Å²) in [7, 11) is 0. The highest BCUT2D eigenvalue weighted by molar-refractivity contribution is 7.98. The summed E-state index contributed by atoms with van der Waals surface area (Å²) in [6.45, 7) is 13.2. The van der Waals surface area contributed by atoms with Gasteiger partial charge in [0.1, 0.15) is 17.7 Å². The lowest BCUT2D eigenvalue weighted by Gasteiger charge is -2.44. The molecular formula is C27H43N3O4S. The zero-order valence-corrected chi connectivity index (χ0v) is 23.4. The number of rotatable bonds is 10. The van der Waals surface area contributed by atoms with E-state index < -0.39 is 23.8 Å². The summed E-state index contributed by atoms with van der Waals surface area (Å²) >= 11 is 1.61. The first-order valence-corrected chi connectivity index (χ1v) is 13.9. The fourth-order valence-corrected chi connectivity index (χ4v) is 4.51. The van der Waals surface area contributed by atoms with Crippen molar-refractivity contribution in [3.63, 3.8) is 0 Å². The first-order chi connectivity index (χ1) is 16.3. The lowest BCUT2D eigenvalue weighted by atomic mass is 9.87. The summed E-state index contributed by atoms with van der Waals surface area (Å²) in [6, 6.07) is 4.26. The molecule has 0 aliphatic heterocycles. The number of aryl methyl sites for hydroxylation is 2. The van der Waals surface area contributed by atoms with Crippen molar-refractivity contribution in [3.8, 4) is 0 Å². The van der Waals surface area contributed by atoms with E-state index in [1.54, 1.807) is 37.4 Å². The molecular weight excluding hydrogens is 462 g/mol. The minimum Gasteiger partial charge on any atom is -0.444 e. The number of ether oxygens (including phenoxy) is 1. The SMILES string of the molecule is CSCCC(NC(=O)OC(C)(C)C)C(=O)N(C1CCC1)C(C(=O)NC(C)C)c1ccc(C)c(C)c1. The minimum absolute atomic E-state index is 0.0516. The van der Waals surface area contributed by atoms with E-state index in [4.69, 9.17) is 4.74 Å². The van der Waals surface area contributed by atoms with E-state index in [9.17, 15) is 14.4 Å². The van der Waals surface area contributed by atoms with Gasteiger partial charge in [0, 0.05) is 12.1 Å². The van der Waals surface area contributed by atoms with Gasteiger partial charge in [-0.1, -0.05) is 18.2 Å². The molecule has 35 heavy (non-hydrogen) atoms. The summed E-state index contributed by atoms with van der Waals surface area (Å²) in [5.41, 5.74) is 2.30. The van der Waals surface area contributed by atoms with Crippen LogP contribution in [0.15, 0.2) is 18.2 Å². The number of nitrogens with one attached hydrogen (secondary N) is 2. The quantitative estimate of drug-likeness (QED) is 0.472. The van der Waals surface area contributed by atoms with Gasteiger partial charge in [0.05, 0.1) is 0 Å². The molecule has 0 spiro atoms. The Hall–Kier alpha value is -2.22. The summed E-state index contributed by atoms with van der Waals surface area (Å²) in [6.07, 6.45) is 4.47. The highest BCUT2D eigenvalue weighted by atomic mass is 32.2. The molecule has 0 radical (unpaired) electrons. The molecule has 2 unspecified atom stereocenters. The normalized spacial score (nSPS) is 15.7. The molecule has 2 rings (SSSR count). The van der Waals surface area contributed by atoms with Gasteiger partial charge in [0.2, 0.25) is 11.8 Å². The molecule has 0 bridgehead atoms. The van der Waals surface area contributed by atoms with Crippen LogP contribution in [0.5, 0.6) is 0 Å². The standard InChI is InChI=1S/C27H43N3O4S/c1-17(2)28-24(31)23(20-13-12-18(3)19(4)16-20)30(21-10-9-11-21)25(32)22(14-15-35-8)29-26(33)34-27(5,6)7/h12-13,16-17,21-23H,9-11,14-15H2,1-8H3,(H,28,31)(H,29,33). The molecule has 3 amide bonds. The number of thioether (sulfide) groups is 1. The van der Waals surface area contributed by atoms with Gasteiger partial charge < -0.3 is 20.3 Å². The van der Waals surface area contributed by atoms with Crippen LogP contribution in [0.4, 0.5) is 4.79 Å². The van der Waals surface area contributed by atoms with Crippen molar-refractivity contribution < 1.29 is 19.1 Å². The molecule has 1 aliphatic carbocycles. The van der Waals surface area contributed by atoms with Crippen molar-refractivity contribution in [2.45, 2.75) is 104 Å². The van der Waals surface area contributed by atoms with E-state index in [2.05, 4.69) is 10.6 Å². The van der Waals surface area contributed by atoms with Crippen LogP contribution in [0.3, 0.4) is 0 Å². The lowest BCUT2D eigenvalue weighted by Crippen LogP contribution is -2.58. The van der Waals surface area contributed by atoms with Crippen LogP contribution < -0.4 is 10.6 Å². The van der Waals surface area contributed by atoms with E-state index >= 15 is 0 Å². The third-order valence-electron chi connectivity index (χ3n) is 6.13. The number of nitrogens with zero attached hydrogens (tertiary/aromatic N) is 1. The predicted molar refractivity (Wildman–Crippen MR) is 143 cm³/mol. The molecule has 0 saturated heterocycles. The van der Waals surface area contributed by atoms with Gasteiger partial charge in [-0.15, -0.1) is 0 Å². The van der Waals surface area contributed by atoms with Crippen molar-refractivity contribution in [2.24, 2.45) is 0 Å². The first-order valence-electron chi connectivity index (χ1n) is 12.5. The predicted octanol–water partition coefficient (Wildman–Crippen LogP) is 4.90. The molecule has 7 nitrogen and oxygen atoms in total. The second kappa shape index (κ2) is 12.7. The molecule has 1 saturated carbocycles. The largest absolute Gasteiger partial charge is 0.444 e. The fourth-order valence-electron chi connectivity index (χ4n) is 4.04. The van der Waals surface area contributed by atoms with Crippen molar-refractivity contribution in [1.82, 2.24) is 15.5 Å². The van der Waals surface area contributed by atoms with Crippen molar-refractivity contribution in [3.05, 3.63) is 34.9 Å². The Morgan fingerprint density at radius 2 is 1.77 bits per heavy atom. The fraction of sp³-hybridized carbons (Fsp3) is 0.667. The van der Waals surface area contributed by atoms with Crippen LogP contribution in [0.2, 0.25) is 0 Å². The van der Waals surface area contributed by atoms with Crippen LogP contribution in [0, 0.1) is 13.8 Å². The lowest BCUT2D eigenvalue weighted by molar-refractivity contribution is -0.147. The van der Waals surface area contributed by atoms with E-state index in [-0.39, 0.29) is 23.9 Å². The molecule has 1 fully saturated rings. The summed E-state index contributed by atoms with van der Waals surface area (Å²) in [5, 5.41) is 5.82. The molecule has 196 valence electrons. The maximum absolute atomic E-state index is 14.1. The number of hydrogen-bond donors (Lipinski definition) is 2. The third-order valence-corrected chi connectivity index (χ3v) is 6.77. The second-order valence-electron chi connectivity index (χ2n) is 10.7. The molecule has 1 aliphatic rings. The first kappa shape index (κ1) is 29.0.